The van der Waals surface area contributed by atoms with Crippen molar-refractivity contribution in [2.45, 2.75) is 43.4 Å². The van der Waals surface area contributed by atoms with Gasteiger partial charge in [-0.2, -0.15) is 0 Å². The number of rotatable bonds is 5. The van der Waals surface area contributed by atoms with Gasteiger partial charge in [0.15, 0.2) is 12.6 Å². The fourth-order valence-corrected chi connectivity index (χ4v) is 4.59. The Balaban J connectivity index is 1.42. The van der Waals surface area contributed by atoms with Crippen LogP contribution in [0.25, 0.3) is 0 Å². The molecule has 3 heterocycles. The molecule has 1 aromatic carbocycles. The zero-order valence-corrected chi connectivity index (χ0v) is 20.5. The summed E-state index contributed by atoms with van der Waals surface area (Å²) in [5, 5.41) is 9.15. The van der Waals surface area contributed by atoms with Gasteiger partial charge in [-0.15, -0.1) is 0 Å². The molecule has 4 rings (SSSR count). The summed E-state index contributed by atoms with van der Waals surface area (Å²) >= 11 is 0. The van der Waals surface area contributed by atoms with Crippen LogP contribution < -0.4 is 0 Å². The molecule has 1 N–H and O–H groups in total. The Morgan fingerprint density at radius 3 is 2.26 bits per heavy atom. The minimum Gasteiger partial charge on any atom is -0.396 e. The van der Waals surface area contributed by atoms with Gasteiger partial charge in [0, 0.05) is 38.9 Å². The number of methoxy groups -OCH3 is 1. The van der Waals surface area contributed by atoms with Gasteiger partial charge < -0.3 is 43.0 Å². The van der Waals surface area contributed by atoms with Crippen LogP contribution in [0.2, 0.25) is 0 Å². The summed E-state index contributed by atoms with van der Waals surface area (Å²) in [6.07, 6.45) is -2.06. The van der Waals surface area contributed by atoms with Crippen molar-refractivity contribution in [3.63, 3.8) is 0 Å². The van der Waals surface area contributed by atoms with Crippen molar-refractivity contribution in [2.75, 3.05) is 79.6 Å². The SMILES string of the molecule is COC1O[C@@H]2CO[C@@H](c3ccccc3)O[C@@H]2[C@@H]2OCCOCCN(CCCO)CCOCCOC12. The molecule has 3 aliphatic heterocycles. The van der Waals surface area contributed by atoms with Crippen molar-refractivity contribution < 1.29 is 43.0 Å². The third-order valence-electron chi connectivity index (χ3n) is 6.40. The van der Waals surface area contributed by atoms with Crippen LogP contribution in [0.5, 0.6) is 0 Å². The fraction of sp³-hybridized carbons (Fsp3) is 0.760. The molecule has 0 bridgehead atoms. The number of benzene rings is 1. The van der Waals surface area contributed by atoms with Crippen LogP contribution in [-0.2, 0) is 37.9 Å². The lowest BCUT2D eigenvalue weighted by Crippen LogP contribution is -2.63. The molecule has 2 unspecified atom stereocenters. The first kappa shape index (κ1) is 26.9. The monoisotopic (exact) mass is 497 g/mol. The summed E-state index contributed by atoms with van der Waals surface area (Å²) in [7, 11) is 1.60. The second kappa shape index (κ2) is 14.5. The summed E-state index contributed by atoms with van der Waals surface area (Å²) in [4.78, 5) is 2.23. The van der Waals surface area contributed by atoms with E-state index in [0.717, 1.165) is 31.6 Å². The van der Waals surface area contributed by atoms with E-state index in [0.29, 0.717) is 46.2 Å². The quantitative estimate of drug-likeness (QED) is 0.634. The van der Waals surface area contributed by atoms with Gasteiger partial charge in [-0.25, -0.2) is 0 Å². The Morgan fingerprint density at radius 1 is 0.857 bits per heavy atom. The second-order valence-corrected chi connectivity index (χ2v) is 8.77. The molecule has 10 nitrogen and oxygen atoms in total. The molecule has 35 heavy (non-hydrogen) atoms. The van der Waals surface area contributed by atoms with E-state index >= 15 is 0 Å². The van der Waals surface area contributed by atoms with Crippen molar-refractivity contribution in [3.05, 3.63) is 35.9 Å². The molecule has 0 amide bonds. The molecule has 0 radical (unpaired) electrons. The summed E-state index contributed by atoms with van der Waals surface area (Å²) in [6.45, 7) is 5.68. The van der Waals surface area contributed by atoms with E-state index in [9.17, 15) is 0 Å². The van der Waals surface area contributed by atoms with Crippen molar-refractivity contribution in [3.8, 4) is 0 Å². The fourth-order valence-electron chi connectivity index (χ4n) is 4.59. The first-order valence-electron chi connectivity index (χ1n) is 12.5. The van der Waals surface area contributed by atoms with E-state index in [4.69, 9.17) is 43.0 Å². The largest absolute Gasteiger partial charge is 0.396 e. The summed E-state index contributed by atoms with van der Waals surface area (Å²) < 4.78 is 48.3. The molecule has 10 heteroatoms. The normalized spacial score (nSPS) is 34.2. The van der Waals surface area contributed by atoms with Gasteiger partial charge in [0.1, 0.15) is 24.4 Å². The molecule has 0 spiro atoms. The third kappa shape index (κ3) is 7.65. The lowest BCUT2D eigenvalue weighted by atomic mass is 9.97. The predicted octanol–water partition coefficient (Wildman–Crippen LogP) is 0.974. The van der Waals surface area contributed by atoms with E-state index in [1.165, 1.54) is 0 Å². The minimum atomic E-state index is -0.618. The Hall–Kier alpha value is -1.18. The van der Waals surface area contributed by atoms with Crippen LogP contribution in [0.15, 0.2) is 30.3 Å². The highest BCUT2D eigenvalue weighted by molar-refractivity contribution is 5.16. The number of nitrogens with zero attached hydrogens (tertiary/aromatic N) is 1. The molecule has 3 saturated heterocycles. The van der Waals surface area contributed by atoms with Crippen molar-refractivity contribution in [2.24, 2.45) is 0 Å². The van der Waals surface area contributed by atoms with Crippen LogP contribution in [0.3, 0.4) is 0 Å². The molecular formula is C25H39NO9. The molecule has 1 aromatic rings. The molecule has 0 aromatic heterocycles. The average molecular weight is 498 g/mol. The maximum atomic E-state index is 9.15. The van der Waals surface area contributed by atoms with Crippen molar-refractivity contribution in [1.82, 2.24) is 4.90 Å². The number of fused-ring (bicyclic) bond motifs is 3. The smallest absolute Gasteiger partial charge is 0.186 e. The van der Waals surface area contributed by atoms with Gasteiger partial charge in [-0.1, -0.05) is 30.3 Å². The Kier molecular flexibility index (Phi) is 11.2. The maximum Gasteiger partial charge on any atom is 0.186 e. The van der Waals surface area contributed by atoms with E-state index in [-0.39, 0.29) is 12.7 Å². The number of ether oxygens (including phenoxy) is 8. The number of aliphatic hydroxyl groups excluding tert-OH is 1. The zero-order valence-electron chi connectivity index (χ0n) is 20.5. The van der Waals surface area contributed by atoms with Gasteiger partial charge in [0.25, 0.3) is 0 Å². The van der Waals surface area contributed by atoms with Crippen LogP contribution in [-0.4, -0.2) is 120 Å². The molecule has 3 fully saturated rings. The van der Waals surface area contributed by atoms with Gasteiger partial charge in [0.2, 0.25) is 0 Å². The number of hydrogen-bond acceptors (Lipinski definition) is 10. The standard InChI is InChI=1S/C25H39NO9/c1-28-25-23-22(21-20(34-25)18-33-24(35-21)19-6-3-2-4-7-19)31-16-14-29-12-9-26(8-5-11-27)10-13-30-15-17-32-23/h2-4,6-7,20-25,27H,5,8-18H2,1H3/t20-,21+,22+,23?,24-,25?/m1/s1. The van der Waals surface area contributed by atoms with Crippen LogP contribution in [0.1, 0.15) is 18.3 Å². The topological polar surface area (TPSA) is 97.3 Å². The van der Waals surface area contributed by atoms with Crippen molar-refractivity contribution >= 4 is 0 Å². The molecular weight excluding hydrogens is 458 g/mol. The highest BCUT2D eigenvalue weighted by Crippen LogP contribution is 2.36. The lowest BCUT2D eigenvalue weighted by Gasteiger charge is -2.48. The van der Waals surface area contributed by atoms with Gasteiger partial charge >= 0.3 is 0 Å². The van der Waals surface area contributed by atoms with E-state index in [2.05, 4.69) is 4.90 Å². The molecule has 6 atom stereocenters. The molecule has 3 aliphatic rings. The van der Waals surface area contributed by atoms with E-state index < -0.39 is 30.9 Å². The second-order valence-electron chi connectivity index (χ2n) is 8.77. The van der Waals surface area contributed by atoms with E-state index in [1.807, 2.05) is 30.3 Å². The lowest BCUT2D eigenvalue weighted by molar-refractivity contribution is -0.368. The Morgan fingerprint density at radius 2 is 1.57 bits per heavy atom. The van der Waals surface area contributed by atoms with Gasteiger partial charge in [-0.3, -0.25) is 4.90 Å². The molecule has 0 aliphatic carbocycles. The van der Waals surface area contributed by atoms with Gasteiger partial charge in [0.05, 0.1) is 46.2 Å². The number of hydrogen-bond donors (Lipinski definition) is 1. The number of aliphatic hydroxyl groups is 1. The molecule has 198 valence electrons. The summed E-state index contributed by atoms with van der Waals surface area (Å²) in [6, 6.07) is 9.84. The summed E-state index contributed by atoms with van der Waals surface area (Å²) in [5.74, 6) is 0. The average Bonchev–Trinajstić information content (AvgIpc) is 2.91. The third-order valence-corrected chi connectivity index (χ3v) is 6.40. The van der Waals surface area contributed by atoms with Crippen molar-refractivity contribution in [1.29, 1.82) is 0 Å². The maximum absolute atomic E-state index is 9.15. The first-order valence-corrected chi connectivity index (χ1v) is 12.5. The molecule has 0 saturated carbocycles. The summed E-state index contributed by atoms with van der Waals surface area (Å²) in [5.41, 5.74) is 0.942. The Labute approximate surface area is 207 Å². The highest BCUT2D eigenvalue weighted by atomic mass is 16.8. The van der Waals surface area contributed by atoms with Crippen LogP contribution in [0.4, 0.5) is 0 Å². The van der Waals surface area contributed by atoms with Crippen LogP contribution in [0, 0.1) is 0 Å². The van der Waals surface area contributed by atoms with Gasteiger partial charge in [-0.05, 0) is 6.42 Å². The highest BCUT2D eigenvalue weighted by Gasteiger charge is 2.51. The first-order chi connectivity index (χ1) is 17.3. The van der Waals surface area contributed by atoms with Crippen LogP contribution >= 0.6 is 0 Å². The zero-order chi connectivity index (χ0) is 24.3. The Bertz CT molecular complexity index is 711. The van der Waals surface area contributed by atoms with E-state index in [1.54, 1.807) is 7.11 Å². The predicted molar refractivity (Wildman–Crippen MR) is 125 cm³/mol. The minimum absolute atomic E-state index is 0.172.